The summed E-state index contributed by atoms with van der Waals surface area (Å²) in [7, 11) is 0. The van der Waals surface area contributed by atoms with Crippen molar-refractivity contribution in [1.82, 2.24) is 0 Å². The highest BCUT2D eigenvalue weighted by Crippen LogP contribution is 2.14. The van der Waals surface area contributed by atoms with Gasteiger partial charge >= 0.3 is 0 Å². The van der Waals surface area contributed by atoms with Gasteiger partial charge in [0.25, 0.3) is 0 Å². The molecule has 1 aromatic rings. The molecule has 0 saturated heterocycles. The van der Waals surface area contributed by atoms with Crippen molar-refractivity contribution >= 4 is 15.9 Å². The summed E-state index contributed by atoms with van der Waals surface area (Å²) in [5.74, 6) is 0.932. The van der Waals surface area contributed by atoms with E-state index in [1.807, 2.05) is 13.0 Å². The molecule has 1 rings (SSSR count). The highest BCUT2D eigenvalue weighted by molar-refractivity contribution is 9.10. The Labute approximate surface area is 68.5 Å². The summed E-state index contributed by atoms with van der Waals surface area (Å²) in [5, 5.41) is 0. The first-order valence-electron chi connectivity index (χ1n) is 3.17. The molecule has 0 amide bonds. The lowest BCUT2D eigenvalue weighted by atomic mass is 10.2. The first-order chi connectivity index (χ1) is 4.68. The van der Waals surface area contributed by atoms with Crippen molar-refractivity contribution in [2.75, 3.05) is 0 Å². The fourth-order valence-electron chi connectivity index (χ4n) is 0.778. The van der Waals surface area contributed by atoms with E-state index < -0.39 is 0 Å². The molecule has 1 aromatic heterocycles. The van der Waals surface area contributed by atoms with Crippen molar-refractivity contribution in [2.24, 2.45) is 5.73 Å². The summed E-state index contributed by atoms with van der Waals surface area (Å²) in [4.78, 5) is 0. The third-order valence-electron chi connectivity index (χ3n) is 1.14. The Hall–Kier alpha value is -0.280. The van der Waals surface area contributed by atoms with Crippen LogP contribution in [-0.2, 0) is 6.42 Å². The number of rotatable bonds is 2. The maximum absolute atomic E-state index is 5.56. The van der Waals surface area contributed by atoms with Crippen LogP contribution < -0.4 is 5.73 Å². The molecule has 0 aliphatic rings. The molecule has 0 radical (unpaired) electrons. The molecule has 0 unspecified atom stereocenters. The first-order valence-corrected chi connectivity index (χ1v) is 3.96. The average Bonchev–Trinajstić information content (AvgIpc) is 2.13. The van der Waals surface area contributed by atoms with Crippen molar-refractivity contribution in [3.63, 3.8) is 0 Å². The topological polar surface area (TPSA) is 39.2 Å². The molecule has 0 aliphatic carbocycles. The van der Waals surface area contributed by atoms with Gasteiger partial charge in [0.15, 0.2) is 0 Å². The molecule has 0 aromatic carbocycles. The second-order valence-corrected chi connectivity index (χ2v) is 3.33. The Balaban J connectivity index is 2.58. The molecule has 2 N–H and O–H groups in total. The zero-order valence-electron chi connectivity index (χ0n) is 5.80. The summed E-state index contributed by atoms with van der Waals surface area (Å²) < 4.78 is 6.12. The monoisotopic (exact) mass is 203 g/mol. The van der Waals surface area contributed by atoms with E-state index in [0.29, 0.717) is 0 Å². The zero-order chi connectivity index (χ0) is 7.56. The summed E-state index contributed by atoms with van der Waals surface area (Å²) >= 11 is 3.29. The second kappa shape index (κ2) is 3.21. The highest BCUT2D eigenvalue weighted by Gasteiger charge is 2.01. The predicted octanol–water partition coefficient (Wildman–Crippen LogP) is 1.93. The molecule has 1 heterocycles. The van der Waals surface area contributed by atoms with Crippen LogP contribution in [0.4, 0.5) is 0 Å². The molecular weight excluding hydrogens is 194 g/mol. The van der Waals surface area contributed by atoms with E-state index in [9.17, 15) is 0 Å². The third-order valence-corrected chi connectivity index (χ3v) is 1.56. The summed E-state index contributed by atoms with van der Waals surface area (Å²) in [6.07, 6.45) is 2.46. The molecule has 56 valence electrons. The number of halogens is 1. The van der Waals surface area contributed by atoms with Gasteiger partial charge < -0.3 is 10.2 Å². The molecule has 0 bridgehead atoms. The van der Waals surface area contributed by atoms with Gasteiger partial charge in [0.05, 0.1) is 4.47 Å². The van der Waals surface area contributed by atoms with Crippen LogP contribution in [0.2, 0.25) is 0 Å². The van der Waals surface area contributed by atoms with E-state index >= 15 is 0 Å². The minimum absolute atomic E-state index is 0.165. The molecule has 0 fully saturated rings. The van der Waals surface area contributed by atoms with Gasteiger partial charge in [-0.15, -0.1) is 0 Å². The maximum Gasteiger partial charge on any atom is 0.106 e. The Morgan fingerprint density at radius 2 is 2.50 bits per heavy atom. The Morgan fingerprint density at radius 3 is 2.90 bits per heavy atom. The Bertz CT molecular complexity index is 207. The van der Waals surface area contributed by atoms with Gasteiger partial charge in [0.1, 0.15) is 12.0 Å². The van der Waals surface area contributed by atoms with Crippen molar-refractivity contribution in [1.29, 1.82) is 0 Å². The van der Waals surface area contributed by atoms with Crippen LogP contribution in [0.5, 0.6) is 0 Å². The van der Waals surface area contributed by atoms with Crippen LogP contribution in [0.15, 0.2) is 21.2 Å². The van der Waals surface area contributed by atoms with Gasteiger partial charge in [-0.3, -0.25) is 0 Å². The number of nitrogens with two attached hydrogens (primary N) is 1. The lowest BCUT2D eigenvalue weighted by molar-refractivity contribution is 0.491. The smallest absolute Gasteiger partial charge is 0.106 e. The molecule has 3 heteroatoms. The van der Waals surface area contributed by atoms with Crippen LogP contribution in [0.1, 0.15) is 12.7 Å². The summed E-state index contributed by atoms with van der Waals surface area (Å²) in [6.45, 7) is 1.95. The molecule has 10 heavy (non-hydrogen) atoms. The minimum Gasteiger partial charge on any atom is -0.468 e. The van der Waals surface area contributed by atoms with Gasteiger partial charge in [-0.2, -0.15) is 0 Å². The molecule has 0 aliphatic heterocycles. The van der Waals surface area contributed by atoms with Crippen LogP contribution in [0, 0.1) is 0 Å². The SMILES string of the molecule is C[C@@H](N)Cc1cc(Br)co1. The van der Waals surface area contributed by atoms with Crippen LogP contribution >= 0.6 is 15.9 Å². The fraction of sp³-hybridized carbons (Fsp3) is 0.429. The molecule has 1 atom stereocenters. The van der Waals surface area contributed by atoms with E-state index in [1.165, 1.54) is 0 Å². The van der Waals surface area contributed by atoms with E-state index in [4.69, 9.17) is 10.2 Å². The van der Waals surface area contributed by atoms with Gasteiger partial charge in [0.2, 0.25) is 0 Å². The van der Waals surface area contributed by atoms with Gasteiger partial charge in [-0.1, -0.05) is 0 Å². The third kappa shape index (κ3) is 2.15. The lowest BCUT2D eigenvalue weighted by Crippen LogP contribution is -2.17. The highest BCUT2D eigenvalue weighted by atomic mass is 79.9. The van der Waals surface area contributed by atoms with Gasteiger partial charge in [-0.25, -0.2) is 0 Å². The predicted molar refractivity (Wildman–Crippen MR) is 43.8 cm³/mol. The van der Waals surface area contributed by atoms with Crippen molar-refractivity contribution in [2.45, 2.75) is 19.4 Å². The van der Waals surface area contributed by atoms with Crippen LogP contribution in [0.25, 0.3) is 0 Å². The van der Waals surface area contributed by atoms with E-state index in [2.05, 4.69) is 15.9 Å². The molecular formula is C7H10BrNO. The first kappa shape index (κ1) is 7.82. The maximum atomic E-state index is 5.56. The zero-order valence-corrected chi connectivity index (χ0v) is 7.39. The Kier molecular flexibility index (Phi) is 2.51. The van der Waals surface area contributed by atoms with Crippen molar-refractivity contribution < 1.29 is 4.42 Å². The second-order valence-electron chi connectivity index (χ2n) is 2.41. The fourth-order valence-corrected chi connectivity index (χ4v) is 1.13. The molecule has 2 nitrogen and oxygen atoms in total. The van der Waals surface area contributed by atoms with Gasteiger partial charge in [-0.05, 0) is 28.9 Å². The summed E-state index contributed by atoms with van der Waals surface area (Å²) in [6, 6.07) is 2.10. The van der Waals surface area contributed by atoms with Crippen molar-refractivity contribution in [3.05, 3.63) is 22.6 Å². The van der Waals surface area contributed by atoms with Crippen molar-refractivity contribution in [3.8, 4) is 0 Å². The number of hydrogen-bond acceptors (Lipinski definition) is 2. The quantitative estimate of drug-likeness (QED) is 0.799. The largest absolute Gasteiger partial charge is 0.468 e. The average molecular weight is 204 g/mol. The normalized spacial score (nSPS) is 13.5. The standard InChI is InChI=1S/C7H10BrNO/c1-5(9)2-7-3-6(8)4-10-7/h3-5H,2,9H2,1H3/t5-/m1/s1. The minimum atomic E-state index is 0.165. The molecule has 0 saturated carbocycles. The summed E-state index contributed by atoms with van der Waals surface area (Å²) in [5.41, 5.74) is 5.56. The van der Waals surface area contributed by atoms with E-state index in [1.54, 1.807) is 6.26 Å². The van der Waals surface area contributed by atoms with E-state index in [0.717, 1.165) is 16.7 Å². The molecule has 0 spiro atoms. The van der Waals surface area contributed by atoms with Crippen LogP contribution in [-0.4, -0.2) is 6.04 Å². The Morgan fingerprint density at radius 1 is 1.80 bits per heavy atom. The van der Waals surface area contributed by atoms with Gasteiger partial charge in [0, 0.05) is 12.5 Å². The number of furan rings is 1. The lowest BCUT2D eigenvalue weighted by Gasteiger charge is -1.98. The van der Waals surface area contributed by atoms with E-state index in [-0.39, 0.29) is 6.04 Å². The number of hydrogen-bond donors (Lipinski definition) is 1. The van der Waals surface area contributed by atoms with Crippen LogP contribution in [0.3, 0.4) is 0 Å².